The second-order valence-corrected chi connectivity index (χ2v) is 7.70. The number of benzene rings is 2. The van der Waals surface area contributed by atoms with Crippen LogP contribution in [-0.2, 0) is 0 Å². The first kappa shape index (κ1) is 19.9. The van der Waals surface area contributed by atoms with E-state index in [4.69, 9.17) is 0 Å². The highest BCUT2D eigenvalue weighted by molar-refractivity contribution is 5.98. The molecule has 28 heavy (non-hydrogen) atoms. The topological polar surface area (TPSA) is 52.7 Å². The number of piperazine rings is 1. The molecule has 2 aromatic rings. The van der Waals surface area contributed by atoms with Crippen molar-refractivity contribution < 1.29 is 9.59 Å². The number of anilines is 1. The molecule has 1 fully saturated rings. The van der Waals surface area contributed by atoms with Gasteiger partial charge in [0, 0.05) is 49.0 Å². The molecule has 0 unspecified atom stereocenters. The van der Waals surface area contributed by atoms with Crippen molar-refractivity contribution in [3.8, 4) is 0 Å². The summed E-state index contributed by atoms with van der Waals surface area (Å²) >= 11 is 0. The molecule has 0 atom stereocenters. The van der Waals surface area contributed by atoms with Crippen LogP contribution < -0.4 is 10.2 Å². The van der Waals surface area contributed by atoms with E-state index < -0.39 is 0 Å². The van der Waals surface area contributed by atoms with E-state index in [9.17, 15) is 9.59 Å². The van der Waals surface area contributed by atoms with Gasteiger partial charge in [0.05, 0.1) is 0 Å². The molecular weight excluding hydrogens is 350 g/mol. The maximum absolute atomic E-state index is 12.8. The van der Waals surface area contributed by atoms with Crippen LogP contribution in [0.15, 0.2) is 42.5 Å². The van der Waals surface area contributed by atoms with Gasteiger partial charge in [-0.05, 0) is 69.2 Å². The van der Waals surface area contributed by atoms with E-state index in [1.54, 1.807) is 24.3 Å². The van der Waals surface area contributed by atoms with Crippen molar-refractivity contribution in [1.29, 1.82) is 0 Å². The van der Waals surface area contributed by atoms with Gasteiger partial charge in [0.1, 0.15) is 0 Å². The lowest BCUT2D eigenvalue weighted by atomic mass is 10.1. The summed E-state index contributed by atoms with van der Waals surface area (Å²) < 4.78 is 0. The van der Waals surface area contributed by atoms with Gasteiger partial charge < -0.3 is 15.1 Å². The van der Waals surface area contributed by atoms with Crippen LogP contribution >= 0.6 is 0 Å². The molecule has 0 aromatic heterocycles. The zero-order chi connectivity index (χ0) is 20.3. The SMILES string of the molecule is Cc1cccc(N2CCN(C(=O)c3ccc(C(=O)NC(C)C)cc3)CC2)c1C. The quantitative estimate of drug-likeness (QED) is 0.886. The molecule has 1 saturated heterocycles. The first-order valence-electron chi connectivity index (χ1n) is 9.88. The standard InChI is InChI=1S/C23H29N3O2/c1-16(2)24-22(27)19-8-10-20(11-9-19)23(28)26-14-12-25(13-15-26)21-7-5-6-17(3)18(21)4/h5-11,16H,12-15H2,1-4H3,(H,24,27). The van der Waals surface area contributed by atoms with E-state index in [1.165, 1.54) is 16.8 Å². The zero-order valence-corrected chi connectivity index (χ0v) is 17.2. The molecule has 0 saturated carbocycles. The second-order valence-electron chi connectivity index (χ2n) is 7.70. The summed E-state index contributed by atoms with van der Waals surface area (Å²) in [5, 5.41) is 2.86. The Hall–Kier alpha value is -2.82. The van der Waals surface area contributed by atoms with Gasteiger partial charge in [0.2, 0.25) is 0 Å². The van der Waals surface area contributed by atoms with Crippen molar-refractivity contribution in [2.45, 2.75) is 33.7 Å². The van der Waals surface area contributed by atoms with Crippen molar-refractivity contribution in [3.05, 3.63) is 64.7 Å². The highest BCUT2D eigenvalue weighted by Crippen LogP contribution is 2.24. The van der Waals surface area contributed by atoms with Crippen molar-refractivity contribution in [1.82, 2.24) is 10.2 Å². The number of amides is 2. The molecule has 2 aromatic carbocycles. The van der Waals surface area contributed by atoms with Crippen molar-refractivity contribution in [2.24, 2.45) is 0 Å². The van der Waals surface area contributed by atoms with E-state index in [0.29, 0.717) is 24.2 Å². The van der Waals surface area contributed by atoms with Crippen molar-refractivity contribution >= 4 is 17.5 Å². The first-order chi connectivity index (χ1) is 13.4. The molecule has 1 N–H and O–H groups in total. The third-order valence-electron chi connectivity index (χ3n) is 5.30. The fraction of sp³-hybridized carbons (Fsp3) is 0.391. The molecule has 0 spiro atoms. The third kappa shape index (κ3) is 4.35. The first-order valence-corrected chi connectivity index (χ1v) is 9.88. The third-order valence-corrected chi connectivity index (χ3v) is 5.30. The lowest BCUT2D eigenvalue weighted by molar-refractivity contribution is 0.0746. The van der Waals surface area contributed by atoms with Gasteiger partial charge in [-0.3, -0.25) is 9.59 Å². The number of carbonyl (C=O) groups excluding carboxylic acids is 2. The summed E-state index contributed by atoms with van der Waals surface area (Å²) in [6.45, 7) is 11.2. The normalized spacial score (nSPS) is 14.3. The minimum Gasteiger partial charge on any atom is -0.368 e. The van der Waals surface area contributed by atoms with E-state index in [-0.39, 0.29) is 17.9 Å². The van der Waals surface area contributed by atoms with Crippen LogP contribution in [0.25, 0.3) is 0 Å². The van der Waals surface area contributed by atoms with Crippen LogP contribution in [0, 0.1) is 13.8 Å². The molecule has 148 valence electrons. The fourth-order valence-electron chi connectivity index (χ4n) is 3.52. The van der Waals surface area contributed by atoms with Crippen LogP contribution in [-0.4, -0.2) is 48.9 Å². The molecule has 2 amide bonds. The number of nitrogens with one attached hydrogen (secondary N) is 1. The Kier molecular flexibility index (Phi) is 6.02. The molecule has 0 aliphatic carbocycles. The number of hydrogen-bond donors (Lipinski definition) is 1. The van der Waals surface area contributed by atoms with Gasteiger partial charge in [-0.15, -0.1) is 0 Å². The number of hydrogen-bond acceptors (Lipinski definition) is 3. The Bertz CT molecular complexity index is 851. The average Bonchev–Trinajstić information content (AvgIpc) is 2.69. The van der Waals surface area contributed by atoms with Gasteiger partial charge >= 0.3 is 0 Å². The van der Waals surface area contributed by atoms with Gasteiger partial charge in [0.25, 0.3) is 11.8 Å². The van der Waals surface area contributed by atoms with Gasteiger partial charge in [0.15, 0.2) is 0 Å². The summed E-state index contributed by atoms with van der Waals surface area (Å²) in [7, 11) is 0. The smallest absolute Gasteiger partial charge is 0.253 e. The fourth-order valence-corrected chi connectivity index (χ4v) is 3.52. The Labute approximate surface area is 167 Å². The Morgan fingerprint density at radius 3 is 2.11 bits per heavy atom. The summed E-state index contributed by atoms with van der Waals surface area (Å²) in [4.78, 5) is 29.1. The predicted octanol–water partition coefficient (Wildman–Crippen LogP) is 3.40. The maximum atomic E-state index is 12.8. The highest BCUT2D eigenvalue weighted by Gasteiger charge is 2.23. The second kappa shape index (κ2) is 8.46. The monoisotopic (exact) mass is 379 g/mol. The lowest BCUT2D eigenvalue weighted by Crippen LogP contribution is -2.49. The van der Waals surface area contributed by atoms with Crippen LogP contribution in [0.1, 0.15) is 45.7 Å². The molecule has 5 nitrogen and oxygen atoms in total. The van der Waals surface area contributed by atoms with Crippen molar-refractivity contribution in [3.63, 3.8) is 0 Å². The minimum absolute atomic E-state index is 0.0245. The van der Waals surface area contributed by atoms with Crippen molar-refractivity contribution in [2.75, 3.05) is 31.1 Å². The van der Waals surface area contributed by atoms with Gasteiger partial charge in [-0.2, -0.15) is 0 Å². The predicted molar refractivity (Wildman–Crippen MR) is 113 cm³/mol. The largest absolute Gasteiger partial charge is 0.368 e. The molecule has 1 heterocycles. The summed E-state index contributed by atoms with van der Waals surface area (Å²) in [5.74, 6) is -0.0902. The van der Waals surface area contributed by atoms with Gasteiger partial charge in [-0.25, -0.2) is 0 Å². The lowest BCUT2D eigenvalue weighted by Gasteiger charge is -2.37. The summed E-state index contributed by atoms with van der Waals surface area (Å²) in [6, 6.07) is 13.4. The number of carbonyl (C=O) groups is 2. The zero-order valence-electron chi connectivity index (χ0n) is 17.2. The van der Waals surface area contributed by atoms with E-state index in [2.05, 4.69) is 42.3 Å². The molecule has 0 bridgehead atoms. The number of nitrogens with zero attached hydrogens (tertiary/aromatic N) is 2. The van der Waals surface area contributed by atoms with Crippen LogP contribution in [0.3, 0.4) is 0 Å². The van der Waals surface area contributed by atoms with Gasteiger partial charge in [-0.1, -0.05) is 12.1 Å². The highest BCUT2D eigenvalue weighted by atomic mass is 16.2. The molecular formula is C23H29N3O2. The summed E-state index contributed by atoms with van der Waals surface area (Å²) in [5.41, 5.74) is 5.05. The molecule has 1 aliphatic heterocycles. The molecule has 5 heteroatoms. The van der Waals surface area contributed by atoms with E-state index in [0.717, 1.165) is 13.1 Å². The Morgan fingerprint density at radius 1 is 0.893 bits per heavy atom. The van der Waals surface area contributed by atoms with E-state index in [1.807, 2.05) is 18.7 Å². The maximum Gasteiger partial charge on any atom is 0.253 e. The average molecular weight is 380 g/mol. The van der Waals surface area contributed by atoms with Crippen LogP contribution in [0.2, 0.25) is 0 Å². The number of aryl methyl sites for hydroxylation is 1. The summed E-state index contributed by atoms with van der Waals surface area (Å²) in [6.07, 6.45) is 0. The molecule has 0 radical (unpaired) electrons. The van der Waals surface area contributed by atoms with E-state index >= 15 is 0 Å². The van der Waals surface area contributed by atoms with Crippen LogP contribution in [0.5, 0.6) is 0 Å². The Morgan fingerprint density at radius 2 is 1.50 bits per heavy atom. The molecule has 1 aliphatic rings. The van der Waals surface area contributed by atoms with Crippen LogP contribution in [0.4, 0.5) is 5.69 Å². The minimum atomic E-state index is -0.115. The number of rotatable bonds is 4. The Balaban J connectivity index is 1.62. The molecule has 3 rings (SSSR count).